The zero-order valence-corrected chi connectivity index (χ0v) is 8.55. The van der Waals surface area contributed by atoms with Crippen LogP contribution in [0.1, 0.15) is 0 Å². The maximum Gasteiger partial charge on any atom is 0.115 e. The standard InChI is InChI=1S/C4H4N2.C3H5.Sn/c1-2-5-4-6-3-1;1-3-2;/h1-4H;3H,1-2H2;. The quantitative estimate of drug-likeness (QED) is 0.545. The Morgan fingerprint density at radius 2 is 1.90 bits per heavy atom. The van der Waals surface area contributed by atoms with Crippen LogP contribution >= 0.6 is 0 Å². The molecule has 1 heterocycles. The second kappa shape index (κ2) is 8.62. The van der Waals surface area contributed by atoms with Gasteiger partial charge in [0, 0.05) is 12.4 Å². The average molecular weight is 240 g/mol. The van der Waals surface area contributed by atoms with Crippen LogP contribution in [0.5, 0.6) is 0 Å². The monoisotopic (exact) mass is 241 g/mol. The minimum Gasteiger partial charge on any atom is -0.245 e. The van der Waals surface area contributed by atoms with Gasteiger partial charge in [-0.25, -0.2) is 9.97 Å². The van der Waals surface area contributed by atoms with Crippen LogP contribution in [-0.4, -0.2) is 32.5 Å². The summed E-state index contributed by atoms with van der Waals surface area (Å²) in [5, 5.41) is 0. The van der Waals surface area contributed by atoms with Gasteiger partial charge in [-0.3, -0.25) is 0 Å². The SMILES string of the molecule is C=C[CH2][Sn].c1cncnc1. The molecule has 0 aliphatic rings. The van der Waals surface area contributed by atoms with Crippen LogP contribution in [0.3, 0.4) is 0 Å². The summed E-state index contributed by atoms with van der Waals surface area (Å²) in [6.07, 6.45) is 6.79. The first-order chi connectivity index (χ1) is 4.91. The summed E-state index contributed by atoms with van der Waals surface area (Å²) >= 11 is 1.55. The average Bonchev–Trinajstić information content (AvgIpc) is 2.08. The van der Waals surface area contributed by atoms with E-state index in [1.165, 1.54) is 10.8 Å². The first-order valence-corrected chi connectivity index (χ1v) is 4.89. The van der Waals surface area contributed by atoms with Gasteiger partial charge in [0.2, 0.25) is 0 Å². The third-order valence-corrected chi connectivity index (χ3v) is 1.45. The molecule has 0 aliphatic carbocycles. The van der Waals surface area contributed by atoms with Gasteiger partial charge in [0.1, 0.15) is 6.33 Å². The molecule has 0 saturated carbocycles. The van der Waals surface area contributed by atoms with Crippen molar-refractivity contribution in [2.75, 3.05) is 0 Å². The Bertz CT molecular complexity index is 126. The molecule has 0 saturated heterocycles. The molecule has 0 aromatic carbocycles. The van der Waals surface area contributed by atoms with E-state index in [0.717, 1.165) is 0 Å². The first kappa shape index (κ1) is 9.62. The van der Waals surface area contributed by atoms with Crippen LogP contribution in [0.15, 0.2) is 37.4 Å². The Balaban J connectivity index is 0.000000180. The molecule has 3 heteroatoms. The fraction of sp³-hybridized carbons (Fsp3) is 0.143. The van der Waals surface area contributed by atoms with Gasteiger partial charge in [0.15, 0.2) is 0 Å². The second-order valence-electron chi connectivity index (χ2n) is 1.40. The molecule has 51 valence electrons. The third kappa shape index (κ3) is 7.62. The minimum absolute atomic E-state index is 1.17. The molecular weight excluding hydrogens is 231 g/mol. The Morgan fingerprint density at radius 1 is 1.40 bits per heavy atom. The van der Waals surface area contributed by atoms with Crippen LogP contribution in [-0.2, 0) is 0 Å². The van der Waals surface area contributed by atoms with Gasteiger partial charge in [-0.1, -0.05) is 0 Å². The molecule has 2 nitrogen and oxygen atoms in total. The molecule has 0 unspecified atom stereocenters. The Hall–Kier alpha value is -0.381. The van der Waals surface area contributed by atoms with Gasteiger partial charge in [-0.15, -0.1) is 0 Å². The molecule has 3 radical (unpaired) electrons. The van der Waals surface area contributed by atoms with Crippen molar-refractivity contribution < 1.29 is 0 Å². The Morgan fingerprint density at radius 3 is 2.00 bits per heavy atom. The smallest absolute Gasteiger partial charge is 0.115 e. The normalized spacial score (nSPS) is 7.30. The van der Waals surface area contributed by atoms with Gasteiger partial charge >= 0.3 is 39.6 Å². The number of rotatable bonds is 1. The van der Waals surface area contributed by atoms with Crippen LogP contribution < -0.4 is 0 Å². The van der Waals surface area contributed by atoms with E-state index >= 15 is 0 Å². The second-order valence-corrected chi connectivity index (χ2v) is 2.56. The van der Waals surface area contributed by atoms with Crippen molar-refractivity contribution in [1.82, 2.24) is 9.97 Å². The molecule has 10 heavy (non-hydrogen) atoms. The summed E-state index contributed by atoms with van der Waals surface area (Å²) in [6, 6.07) is 1.78. The topological polar surface area (TPSA) is 25.8 Å². The van der Waals surface area contributed by atoms with Crippen LogP contribution in [0.25, 0.3) is 0 Å². The van der Waals surface area contributed by atoms with Crippen molar-refractivity contribution in [2.45, 2.75) is 4.44 Å². The number of nitrogens with zero attached hydrogens (tertiary/aromatic N) is 2. The summed E-state index contributed by atoms with van der Waals surface area (Å²) in [5.74, 6) is 0. The maximum atomic E-state index is 3.67. The summed E-state index contributed by atoms with van der Waals surface area (Å²) in [5.41, 5.74) is 0. The van der Waals surface area contributed by atoms with Crippen LogP contribution in [0.2, 0.25) is 4.44 Å². The van der Waals surface area contributed by atoms with Crippen molar-refractivity contribution in [1.29, 1.82) is 0 Å². The van der Waals surface area contributed by atoms with E-state index in [0.29, 0.717) is 0 Å². The number of aromatic nitrogens is 2. The van der Waals surface area contributed by atoms with E-state index < -0.39 is 0 Å². The van der Waals surface area contributed by atoms with E-state index in [-0.39, 0.29) is 0 Å². The first-order valence-electron chi connectivity index (χ1n) is 2.87. The van der Waals surface area contributed by atoms with Crippen molar-refractivity contribution in [3.05, 3.63) is 37.4 Å². The molecule has 0 spiro atoms. The zero-order valence-electron chi connectivity index (χ0n) is 5.70. The molecule has 1 rings (SSSR count). The Labute approximate surface area is 74.5 Å². The van der Waals surface area contributed by atoms with Crippen LogP contribution in [0.4, 0.5) is 0 Å². The molecular formula is C7H9N2Sn. The number of allylic oxidation sites excluding steroid dienone is 1. The largest absolute Gasteiger partial charge is 0.245 e. The third-order valence-electron chi connectivity index (χ3n) is 0.622. The zero-order chi connectivity index (χ0) is 7.66. The van der Waals surface area contributed by atoms with Crippen molar-refractivity contribution in [3.63, 3.8) is 0 Å². The maximum absolute atomic E-state index is 3.67. The van der Waals surface area contributed by atoms with E-state index in [4.69, 9.17) is 0 Å². The molecule has 0 N–H and O–H groups in total. The summed E-state index contributed by atoms with van der Waals surface area (Å²) in [4.78, 5) is 7.35. The predicted octanol–water partition coefficient (Wildman–Crippen LogP) is 1.24. The van der Waals surface area contributed by atoms with E-state index in [1.54, 1.807) is 41.0 Å². The van der Waals surface area contributed by atoms with Gasteiger partial charge in [-0.05, 0) is 6.07 Å². The van der Waals surface area contributed by atoms with Gasteiger partial charge in [-0.2, -0.15) is 0 Å². The fourth-order valence-electron chi connectivity index (χ4n) is 0.253. The number of hydrogen-bond donors (Lipinski definition) is 0. The molecule has 0 bridgehead atoms. The molecule has 1 aromatic heterocycles. The summed E-state index contributed by atoms with van der Waals surface area (Å²) in [7, 11) is 0. The van der Waals surface area contributed by atoms with Gasteiger partial charge in [0.25, 0.3) is 0 Å². The Kier molecular flexibility index (Phi) is 8.29. The predicted molar refractivity (Wildman–Crippen MR) is 42.8 cm³/mol. The number of hydrogen-bond acceptors (Lipinski definition) is 2. The van der Waals surface area contributed by atoms with E-state index in [1.807, 2.05) is 6.08 Å². The van der Waals surface area contributed by atoms with E-state index in [9.17, 15) is 0 Å². The van der Waals surface area contributed by atoms with Gasteiger partial charge in [0.05, 0.1) is 0 Å². The van der Waals surface area contributed by atoms with Crippen molar-refractivity contribution in [2.24, 2.45) is 0 Å². The van der Waals surface area contributed by atoms with E-state index in [2.05, 4.69) is 16.5 Å². The summed E-state index contributed by atoms with van der Waals surface area (Å²) < 4.78 is 1.17. The molecule has 1 aromatic rings. The summed E-state index contributed by atoms with van der Waals surface area (Å²) in [6.45, 7) is 3.50. The molecule has 0 aliphatic heterocycles. The molecule has 0 amide bonds. The fourth-order valence-corrected chi connectivity index (χ4v) is 0.253. The minimum atomic E-state index is 1.17. The van der Waals surface area contributed by atoms with Crippen LogP contribution in [0, 0.1) is 0 Å². The molecule has 0 atom stereocenters. The molecule has 0 fully saturated rings. The van der Waals surface area contributed by atoms with Gasteiger partial charge < -0.3 is 0 Å². The van der Waals surface area contributed by atoms with Crippen molar-refractivity contribution >= 4 is 22.5 Å². The van der Waals surface area contributed by atoms with Crippen molar-refractivity contribution in [3.8, 4) is 0 Å².